The first-order chi connectivity index (χ1) is 11.2. The second-order valence-corrected chi connectivity index (χ2v) is 5.17. The first kappa shape index (κ1) is 17.0. The molecule has 4 nitrogen and oxygen atoms in total. The predicted molar refractivity (Wildman–Crippen MR) is 89.0 cm³/mol. The molecule has 1 atom stereocenters. The summed E-state index contributed by atoms with van der Waals surface area (Å²) in [5.74, 6) is 0.505. The predicted octanol–water partition coefficient (Wildman–Crippen LogP) is 3.52. The molecule has 0 radical (unpaired) electrons. The van der Waals surface area contributed by atoms with E-state index in [1.54, 1.807) is 12.3 Å². The van der Waals surface area contributed by atoms with Crippen LogP contribution in [0.5, 0.6) is 5.75 Å². The van der Waals surface area contributed by atoms with Gasteiger partial charge < -0.3 is 14.9 Å². The lowest BCUT2D eigenvalue weighted by Crippen LogP contribution is -2.26. The van der Waals surface area contributed by atoms with Gasteiger partial charge in [0.25, 0.3) is 0 Å². The van der Waals surface area contributed by atoms with Crippen molar-refractivity contribution in [2.75, 3.05) is 7.11 Å². The fourth-order valence-electron chi connectivity index (χ4n) is 1.98. The maximum Gasteiger partial charge on any atom is 0.123 e. The lowest BCUT2D eigenvalue weighted by Gasteiger charge is -2.10. The van der Waals surface area contributed by atoms with E-state index in [-0.39, 0.29) is 11.9 Å². The molecule has 0 saturated carbocycles. The van der Waals surface area contributed by atoms with Gasteiger partial charge in [-0.15, -0.1) is 0 Å². The van der Waals surface area contributed by atoms with Crippen molar-refractivity contribution in [1.29, 1.82) is 0 Å². The van der Waals surface area contributed by atoms with Crippen molar-refractivity contribution >= 4 is 6.21 Å². The van der Waals surface area contributed by atoms with Gasteiger partial charge in [0.05, 0.1) is 6.21 Å². The summed E-state index contributed by atoms with van der Waals surface area (Å²) in [6.07, 6.45) is 1.70. The number of hydrogen-bond acceptors (Lipinski definition) is 4. The molecule has 1 N–H and O–H groups in total. The summed E-state index contributed by atoms with van der Waals surface area (Å²) in [5, 5.41) is 7.03. The highest BCUT2D eigenvalue weighted by atomic mass is 19.1. The fourth-order valence-corrected chi connectivity index (χ4v) is 1.98. The Hall–Kier alpha value is -2.40. The van der Waals surface area contributed by atoms with Gasteiger partial charge in [-0.2, -0.15) is 0 Å². The van der Waals surface area contributed by atoms with Gasteiger partial charge >= 0.3 is 0 Å². The van der Waals surface area contributed by atoms with E-state index in [0.29, 0.717) is 6.61 Å². The quantitative estimate of drug-likeness (QED) is 0.598. The molecule has 0 heterocycles. The van der Waals surface area contributed by atoms with Crippen LogP contribution in [0, 0.1) is 5.82 Å². The van der Waals surface area contributed by atoms with Crippen LogP contribution in [0.25, 0.3) is 0 Å². The van der Waals surface area contributed by atoms with Crippen LogP contribution in [0.1, 0.15) is 18.1 Å². The molecule has 2 rings (SSSR count). The molecule has 2 aromatic rings. The molecule has 0 saturated heterocycles. The Kier molecular flexibility index (Phi) is 6.56. The molecule has 0 aliphatic heterocycles. The molecule has 0 spiro atoms. The lowest BCUT2D eigenvalue weighted by atomic mass is 10.2. The van der Waals surface area contributed by atoms with Gasteiger partial charge in [0.1, 0.15) is 25.3 Å². The van der Waals surface area contributed by atoms with E-state index in [1.807, 2.05) is 37.3 Å². The molecule has 0 fully saturated rings. The number of rotatable bonds is 8. The molecular formula is C18H21FN2O2. The van der Waals surface area contributed by atoms with Crippen molar-refractivity contribution in [3.8, 4) is 5.75 Å². The fraction of sp³-hybridized carbons (Fsp3) is 0.278. The molecule has 0 unspecified atom stereocenters. The maximum atomic E-state index is 13.1. The first-order valence-corrected chi connectivity index (χ1v) is 7.43. The molecule has 0 aromatic heterocycles. The van der Waals surface area contributed by atoms with Crippen LogP contribution < -0.4 is 10.1 Å². The summed E-state index contributed by atoms with van der Waals surface area (Å²) >= 11 is 0. The minimum Gasteiger partial charge on any atom is -0.489 e. The van der Waals surface area contributed by atoms with Crippen LogP contribution in [0.15, 0.2) is 53.7 Å². The Labute approximate surface area is 135 Å². The van der Waals surface area contributed by atoms with Gasteiger partial charge in [-0.3, -0.25) is 0 Å². The van der Waals surface area contributed by atoms with Crippen LogP contribution in [-0.2, 0) is 18.0 Å². The number of benzene rings is 2. The van der Waals surface area contributed by atoms with E-state index >= 15 is 0 Å². The molecule has 0 aliphatic rings. The SMILES string of the molecule is CON=C[C@H](C)NCc1ccc(OCc2cccc(F)c2)cc1. The average Bonchev–Trinajstić information content (AvgIpc) is 2.57. The number of nitrogens with zero attached hydrogens (tertiary/aromatic N) is 1. The lowest BCUT2D eigenvalue weighted by molar-refractivity contribution is 0.214. The Balaban J connectivity index is 1.81. The van der Waals surface area contributed by atoms with Crippen molar-refractivity contribution in [1.82, 2.24) is 5.32 Å². The molecule has 5 heteroatoms. The van der Waals surface area contributed by atoms with E-state index in [0.717, 1.165) is 23.4 Å². The van der Waals surface area contributed by atoms with Crippen molar-refractivity contribution < 1.29 is 14.0 Å². The average molecular weight is 316 g/mol. The molecule has 23 heavy (non-hydrogen) atoms. The second-order valence-electron chi connectivity index (χ2n) is 5.17. The van der Waals surface area contributed by atoms with Crippen molar-refractivity contribution in [2.24, 2.45) is 5.16 Å². The van der Waals surface area contributed by atoms with Crippen molar-refractivity contribution in [2.45, 2.75) is 26.1 Å². The Morgan fingerprint density at radius 1 is 1.17 bits per heavy atom. The van der Waals surface area contributed by atoms with Gasteiger partial charge in [-0.05, 0) is 42.3 Å². The zero-order valence-corrected chi connectivity index (χ0v) is 13.3. The molecule has 0 amide bonds. The molecule has 0 bridgehead atoms. The van der Waals surface area contributed by atoms with Gasteiger partial charge in [0, 0.05) is 12.6 Å². The van der Waals surface area contributed by atoms with Gasteiger partial charge in [0.15, 0.2) is 0 Å². The van der Waals surface area contributed by atoms with E-state index in [2.05, 4.69) is 15.3 Å². The third-order valence-corrected chi connectivity index (χ3v) is 3.24. The highest BCUT2D eigenvalue weighted by Crippen LogP contribution is 2.14. The van der Waals surface area contributed by atoms with Crippen LogP contribution in [0.4, 0.5) is 4.39 Å². The zero-order valence-electron chi connectivity index (χ0n) is 13.3. The topological polar surface area (TPSA) is 42.8 Å². The number of ether oxygens (including phenoxy) is 1. The van der Waals surface area contributed by atoms with E-state index in [1.165, 1.54) is 19.2 Å². The van der Waals surface area contributed by atoms with Gasteiger partial charge in [-0.1, -0.05) is 29.4 Å². The van der Waals surface area contributed by atoms with E-state index in [9.17, 15) is 4.39 Å². The normalized spacial score (nSPS) is 12.3. The third kappa shape index (κ3) is 6.08. The second kappa shape index (κ2) is 8.90. The summed E-state index contributed by atoms with van der Waals surface area (Å²) in [6.45, 7) is 3.07. The number of hydrogen-bond donors (Lipinski definition) is 1. The molecule has 2 aromatic carbocycles. The first-order valence-electron chi connectivity index (χ1n) is 7.43. The van der Waals surface area contributed by atoms with E-state index < -0.39 is 0 Å². The summed E-state index contributed by atoms with van der Waals surface area (Å²) in [6, 6.07) is 14.3. The highest BCUT2D eigenvalue weighted by Gasteiger charge is 2.01. The van der Waals surface area contributed by atoms with Gasteiger partial charge in [-0.25, -0.2) is 4.39 Å². The Bertz CT molecular complexity index is 629. The van der Waals surface area contributed by atoms with Crippen LogP contribution in [-0.4, -0.2) is 19.4 Å². The highest BCUT2D eigenvalue weighted by molar-refractivity contribution is 5.62. The van der Waals surface area contributed by atoms with Crippen LogP contribution >= 0.6 is 0 Å². The number of oxime groups is 1. The summed E-state index contributed by atoms with van der Waals surface area (Å²) < 4.78 is 18.7. The van der Waals surface area contributed by atoms with Crippen molar-refractivity contribution in [3.05, 3.63) is 65.5 Å². The summed E-state index contributed by atoms with van der Waals surface area (Å²) in [7, 11) is 1.52. The minimum atomic E-state index is -0.251. The number of nitrogens with one attached hydrogen (secondary N) is 1. The zero-order chi connectivity index (χ0) is 16.5. The van der Waals surface area contributed by atoms with Crippen LogP contribution in [0.3, 0.4) is 0 Å². The number of halogens is 1. The minimum absolute atomic E-state index is 0.124. The summed E-state index contributed by atoms with van der Waals surface area (Å²) in [4.78, 5) is 4.64. The standard InChI is InChI=1S/C18H21FN2O2/c1-14(11-21-22-2)20-12-15-6-8-18(9-7-15)23-13-16-4-3-5-17(19)10-16/h3-11,14,20H,12-13H2,1-2H3/t14-/m0/s1. The van der Waals surface area contributed by atoms with E-state index in [4.69, 9.17) is 4.74 Å². The third-order valence-electron chi connectivity index (χ3n) is 3.24. The van der Waals surface area contributed by atoms with Crippen molar-refractivity contribution in [3.63, 3.8) is 0 Å². The molecular weight excluding hydrogens is 295 g/mol. The molecule has 122 valence electrons. The molecule has 0 aliphatic carbocycles. The Morgan fingerprint density at radius 3 is 2.65 bits per heavy atom. The monoisotopic (exact) mass is 316 g/mol. The smallest absolute Gasteiger partial charge is 0.123 e. The summed E-state index contributed by atoms with van der Waals surface area (Å²) in [5.41, 5.74) is 1.95. The van der Waals surface area contributed by atoms with Crippen LogP contribution in [0.2, 0.25) is 0 Å². The van der Waals surface area contributed by atoms with Gasteiger partial charge in [0.2, 0.25) is 0 Å². The maximum absolute atomic E-state index is 13.1. The Morgan fingerprint density at radius 2 is 1.96 bits per heavy atom. The largest absolute Gasteiger partial charge is 0.489 e.